The van der Waals surface area contributed by atoms with E-state index in [9.17, 15) is 5.26 Å². The van der Waals surface area contributed by atoms with E-state index in [1.54, 1.807) is 0 Å². The fourth-order valence-electron chi connectivity index (χ4n) is 4.75. The van der Waals surface area contributed by atoms with E-state index in [4.69, 9.17) is 0 Å². The topological polar surface area (TPSA) is 38.4 Å². The molecule has 2 aliphatic rings. The number of nitrogens with zero attached hydrogens (tertiary/aromatic N) is 5. The highest BCUT2D eigenvalue weighted by molar-refractivity contribution is 5.90. The van der Waals surface area contributed by atoms with Crippen molar-refractivity contribution < 1.29 is 0 Å². The Balaban J connectivity index is 1.46. The first-order valence-electron chi connectivity index (χ1n) is 11.2. The van der Waals surface area contributed by atoms with Gasteiger partial charge >= 0.3 is 0 Å². The molecule has 0 bridgehead atoms. The second kappa shape index (κ2) is 8.22. The van der Waals surface area contributed by atoms with E-state index in [1.807, 2.05) is 24.2 Å². The van der Waals surface area contributed by atoms with Gasteiger partial charge in [-0.1, -0.05) is 18.2 Å². The number of fused-ring (bicyclic) bond motifs is 1. The molecule has 5 heteroatoms. The monoisotopic (exact) mass is 423 g/mol. The van der Waals surface area contributed by atoms with E-state index in [-0.39, 0.29) is 0 Å². The number of nitriles is 1. The van der Waals surface area contributed by atoms with Gasteiger partial charge in [0.1, 0.15) is 0 Å². The highest BCUT2D eigenvalue weighted by Crippen LogP contribution is 2.32. The molecule has 1 aromatic heterocycles. The summed E-state index contributed by atoms with van der Waals surface area (Å²) in [5.41, 5.74) is 6.54. The molecule has 2 aromatic carbocycles. The zero-order valence-corrected chi connectivity index (χ0v) is 19.0. The van der Waals surface area contributed by atoms with Gasteiger partial charge in [0.05, 0.1) is 18.2 Å². The minimum absolute atomic E-state index is 0.647. The van der Waals surface area contributed by atoms with Gasteiger partial charge in [-0.15, -0.1) is 0 Å². The molecule has 3 heterocycles. The Morgan fingerprint density at radius 2 is 1.53 bits per heavy atom. The van der Waals surface area contributed by atoms with Crippen LogP contribution in [-0.4, -0.2) is 61.2 Å². The summed E-state index contributed by atoms with van der Waals surface area (Å²) < 4.78 is 2.20. The number of anilines is 1. The lowest BCUT2D eigenvalue weighted by Gasteiger charge is -2.34. The summed E-state index contributed by atoms with van der Waals surface area (Å²) in [6.07, 6.45) is 4.08. The Labute approximate surface area is 190 Å². The fraction of sp³-hybridized carbons (Fsp3) is 0.296. The molecule has 2 aliphatic heterocycles. The predicted molar refractivity (Wildman–Crippen MR) is 132 cm³/mol. The lowest BCUT2D eigenvalue weighted by molar-refractivity contribution is 0.313. The van der Waals surface area contributed by atoms with Gasteiger partial charge in [-0.05, 0) is 66.0 Å². The van der Waals surface area contributed by atoms with Crippen LogP contribution in [0.25, 0.3) is 27.6 Å². The second-order valence-corrected chi connectivity index (χ2v) is 8.93. The molecular weight excluding hydrogens is 394 g/mol. The normalized spacial score (nSPS) is 17.3. The van der Waals surface area contributed by atoms with Crippen molar-refractivity contribution in [1.29, 1.82) is 5.26 Å². The van der Waals surface area contributed by atoms with Crippen LogP contribution in [0.3, 0.4) is 0 Å². The molecular formula is C27H29N5. The van der Waals surface area contributed by atoms with E-state index < -0.39 is 0 Å². The minimum atomic E-state index is 0.647. The third kappa shape index (κ3) is 3.68. The number of allylic oxidation sites excluding steroid dienone is 2. The van der Waals surface area contributed by atoms with Crippen molar-refractivity contribution in [3.05, 3.63) is 72.1 Å². The van der Waals surface area contributed by atoms with Crippen molar-refractivity contribution in [1.82, 2.24) is 14.4 Å². The van der Waals surface area contributed by atoms with Gasteiger partial charge in [-0.25, -0.2) is 0 Å². The number of rotatable bonds is 3. The average molecular weight is 424 g/mol. The number of hydrogen-bond acceptors (Lipinski definition) is 4. The molecule has 32 heavy (non-hydrogen) atoms. The molecule has 0 saturated carbocycles. The lowest BCUT2D eigenvalue weighted by atomic mass is 10.0. The van der Waals surface area contributed by atoms with Crippen molar-refractivity contribution in [3.63, 3.8) is 0 Å². The molecule has 0 atom stereocenters. The smallest absolute Gasteiger partial charge is 0.0973 e. The van der Waals surface area contributed by atoms with E-state index in [1.165, 1.54) is 22.0 Å². The summed E-state index contributed by atoms with van der Waals surface area (Å²) in [6, 6.07) is 20.2. The van der Waals surface area contributed by atoms with Crippen molar-refractivity contribution in [2.75, 3.05) is 51.7 Å². The van der Waals surface area contributed by atoms with Gasteiger partial charge in [0.25, 0.3) is 0 Å². The van der Waals surface area contributed by atoms with Crippen LogP contribution < -0.4 is 4.90 Å². The Morgan fingerprint density at radius 3 is 2.31 bits per heavy atom. The minimum Gasteiger partial charge on any atom is -0.375 e. The Hall–Kier alpha value is -3.49. The molecule has 162 valence electrons. The maximum Gasteiger partial charge on any atom is 0.0973 e. The predicted octanol–water partition coefficient (Wildman–Crippen LogP) is 4.33. The third-order valence-corrected chi connectivity index (χ3v) is 6.75. The zero-order valence-electron chi connectivity index (χ0n) is 19.0. The van der Waals surface area contributed by atoms with Gasteiger partial charge < -0.3 is 19.3 Å². The maximum atomic E-state index is 9.62. The summed E-state index contributed by atoms with van der Waals surface area (Å²) in [6.45, 7) is 5.03. The molecule has 0 amide bonds. The first-order valence-corrected chi connectivity index (χ1v) is 11.2. The van der Waals surface area contributed by atoms with Crippen molar-refractivity contribution in [2.24, 2.45) is 7.05 Å². The van der Waals surface area contributed by atoms with E-state index in [2.05, 4.69) is 83.1 Å². The van der Waals surface area contributed by atoms with Gasteiger partial charge in [0.2, 0.25) is 0 Å². The highest BCUT2D eigenvalue weighted by Gasteiger charge is 2.18. The first-order chi connectivity index (χ1) is 15.5. The van der Waals surface area contributed by atoms with Crippen LogP contribution in [0.5, 0.6) is 0 Å². The average Bonchev–Trinajstić information content (AvgIpc) is 3.19. The largest absolute Gasteiger partial charge is 0.375 e. The van der Waals surface area contributed by atoms with Crippen molar-refractivity contribution >= 4 is 22.0 Å². The van der Waals surface area contributed by atoms with Crippen molar-refractivity contribution in [3.8, 4) is 17.3 Å². The Morgan fingerprint density at radius 1 is 0.812 bits per heavy atom. The van der Waals surface area contributed by atoms with Crippen LogP contribution in [0.4, 0.5) is 5.69 Å². The van der Waals surface area contributed by atoms with Crippen LogP contribution in [-0.2, 0) is 7.05 Å². The molecule has 5 nitrogen and oxygen atoms in total. The molecule has 0 N–H and O–H groups in total. The summed E-state index contributed by atoms with van der Waals surface area (Å²) in [5, 5.41) is 12.1. The summed E-state index contributed by atoms with van der Waals surface area (Å²) in [4.78, 5) is 6.90. The fourth-order valence-corrected chi connectivity index (χ4v) is 4.75. The molecule has 0 unspecified atom stereocenters. The number of piperazine rings is 1. The first kappa shape index (κ1) is 20.4. The summed E-state index contributed by atoms with van der Waals surface area (Å²) in [5.74, 6) is 0. The molecule has 1 saturated heterocycles. The van der Waals surface area contributed by atoms with Crippen LogP contribution in [0.2, 0.25) is 0 Å². The molecule has 3 aromatic rings. The van der Waals surface area contributed by atoms with Crippen LogP contribution in [0.1, 0.15) is 5.69 Å². The second-order valence-electron chi connectivity index (χ2n) is 8.93. The van der Waals surface area contributed by atoms with Crippen molar-refractivity contribution in [2.45, 2.75) is 0 Å². The van der Waals surface area contributed by atoms with Crippen LogP contribution in [0.15, 0.2) is 66.4 Å². The molecule has 0 spiro atoms. The SMILES string of the molecule is CN1C=CC(c2ccc(-c3ccc4cc(N5CCN(C)CC5)ccc4c3)n2C)=C(C#N)C1. The molecule has 5 rings (SSSR count). The van der Waals surface area contributed by atoms with Gasteiger partial charge in [-0.2, -0.15) is 5.26 Å². The molecule has 0 aliphatic carbocycles. The third-order valence-electron chi connectivity index (χ3n) is 6.75. The Kier molecular flexibility index (Phi) is 5.24. The molecule has 1 fully saturated rings. The number of likely N-dealkylation sites (N-methyl/N-ethyl adjacent to an activating group) is 2. The number of aromatic nitrogens is 1. The molecule has 0 radical (unpaired) electrons. The lowest BCUT2D eigenvalue weighted by Crippen LogP contribution is -2.44. The van der Waals surface area contributed by atoms with Crippen LogP contribution >= 0.6 is 0 Å². The van der Waals surface area contributed by atoms with E-state index >= 15 is 0 Å². The van der Waals surface area contributed by atoms with Crippen LogP contribution in [0, 0.1) is 11.3 Å². The number of benzene rings is 2. The van der Waals surface area contributed by atoms with E-state index in [0.29, 0.717) is 6.54 Å². The number of hydrogen-bond donors (Lipinski definition) is 0. The highest BCUT2D eigenvalue weighted by atomic mass is 15.2. The zero-order chi connectivity index (χ0) is 22.2. The van der Waals surface area contributed by atoms with Gasteiger partial charge in [0, 0.05) is 62.9 Å². The van der Waals surface area contributed by atoms with E-state index in [0.717, 1.165) is 48.7 Å². The summed E-state index contributed by atoms with van der Waals surface area (Å²) >= 11 is 0. The quantitative estimate of drug-likeness (QED) is 0.628. The summed E-state index contributed by atoms with van der Waals surface area (Å²) in [7, 11) is 6.26. The Bertz CT molecular complexity index is 1260. The standard InChI is InChI=1S/C27H29N5/c1-29-12-14-32(15-13-29)24-7-6-20-16-22(5-4-21(20)17-24)26-8-9-27(31(26)3)25-10-11-30(2)19-23(25)18-28/h4-11,16-17H,12-15,19H2,1-3H3. The van der Waals surface area contributed by atoms with Gasteiger partial charge in [0.15, 0.2) is 0 Å². The van der Waals surface area contributed by atoms with Gasteiger partial charge in [-0.3, -0.25) is 0 Å². The maximum absolute atomic E-state index is 9.62.